The van der Waals surface area contributed by atoms with E-state index in [0.717, 1.165) is 19.3 Å². The Morgan fingerprint density at radius 1 is 1.27 bits per heavy atom. The molecule has 0 aromatic rings. The number of carbonyl (C=O) groups is 1. The van der Waals surface area contributed by atoms with Crippen molar-refractivity contribution in [3.63, 3.8) is 0 Å². The number of hydrogen-bond donors (Lipinski definition) is 3. The van der Waals surface area contributed by atoms with Gasteiger partial charge in [0.05, 0.1) is 6.04 Å². The molecule has 4 nitrogen and oxygen atoms in total. The van der Waals surface area contributed by atoms with Gasteiger partial charge in [-0.1, -0.05) is 33.1 Å². The standard InChI is InChI=1S/C11H25N3O/c1-3-5-7-9(6-4-2)14-8-10(12)11(13)15/h9-10,14H,3-8,12H2,1-2H3,(H2,13,15). The van der Waals surface area contributed by atoms with Crippen LogP contribution in [0.5, 0.6) is 0 Å². The van der Waals surface area contributed by atoms with E-state index in [-0.39, 0.29) is 0 Å². The molecule has 0 radical (unpaired) electrons. The number of carbonyl (C=O) groups excluding carboxylic acids is 1. The summed E-state index contributed by atoms with van der Waals surface area (Å²) in [7, 11) is 0. The maximum Gasteiger partial charge on any atom is 0.235 e. The van der Waals surface area contributed by atoms with E-state index in [0.29, 0.717) is 12.6 Å². The molecule has 0 saturated carbocycles. The van der Waals surface area contributed by atoms with Crippen molar-refractivity contribution in [1.82, 2.24) is 5.32 Å². The molecular formula is C11H25N3O. The van der Waals surface area contributed by atoms with Crippen molar-refractivity contribution in [1.29, 1.82) is 0 Å². The number of amides is 1. The second-order valence-electron chi connectivity index (χ2n) is 4.04. The Bertz CT molecular complexity index is 173. The second-order valence-corrected chi connectivity index (χ2v) is 4.04. The van der Waals surface area contributed by atoms with Crippen molar-refractivity contribution < 1.29 is 4.79 Å². The summed E-state index contributed by atoms with van der Waals surface area (Å²) < 4.78 is 0. The van der Waals surface area contributed by atoms with E-state index < -0.39 is 11.9 Å². The molecule has 2 atom stereocenters. The molecule has 90 valence electrons. The van der Waals surface area contributed by atoms with E-state index in [1.54, 1.807) is 0 Å². The molecule has 0 spiro atoms. The van der Waals surface area contributed by atoms with Crippen molar-refractivity contribution >= 4 is 5.91 Å². The van der Waals surface area contributed by atoms with Gasteiger partial charge in [-0.3, -0.25) is 4.79 Å². The fourth-order valence-corrected chi connectivity index (χ4v) is 1.54. The fraction of sp³-hybridized carbons (Fsp3) is 0.909. The molecule has 0 heterocycles. The summed E-state index contributed by atoms with van der Waals surface area (Å²) in [5, 5.41) is 3.31. The van der Waals surface area contributed by atoms with Gasteiger partial charge in [-0.25, -0.2) is 0 Å². The normalized spacial score (nSPS) is 14.9. The molecule has 0 aliphatic rings. The van der Waals surface area contributed by atoms with Gasteiger partial charge in [-0.2, -0.15) is 0 Å². The van der Waals surface area contributed by atoms with Crippen LogP contribution < -0.4 is 16.8 Å². The first-order valence-corrected chi connectivity index (χ1v) is 5.90. The third-order valence-electron chi connectivity index (χ3n) is 2.54. The van der Waals surface area contributed by atoms with Gasteiger partial charge in [0.15, 0.2) is 0 Å². The molecule has 0 saturated heterocycles. The van der Waals surface area contributed by atoms with Gasteiger partial charge in [0, 0.05) is 12.6 Å². The Kier molecular flexibility index (Phi) is 8.33. The Morgan fingerprint density at radius 3 is 2.40 bits per heavy atom. The molecule has 2 unspecified atom stereocenters. The summed E-state index contributed by atoms with van der Waals surface area (Å²) in [6, 6.07) is -0.0914. The quantitative estimate of drug-likeness (QED) is 0.531. The number of primary amides is 1. The van der Waals surface area contributed by atoms with E-state index in [1.807, 2.05) is 0 Å². The van der Waals surface area contributed by atoms with Crippen LogP contribution in [0.2, 0.25) is 0 Å². The molecule has 0 aliphatic carbocycles. The SMILES string of the molecule is CCCCC(CCC)NCC(N)C(N)=O. The minimum absolute atomic E-state index is 0.437. The van der Waals surface area contributed by atoms with Gasteiger partial charge in [-0.15, -0.1) is 0 Å². The van der Waals surface area contributed by atoms with Gasteiger partial charge >= 0.3 is 0 Å². The number of hydrogen-bond acceptors (Lipinski definition) is 3. The van der Waals surface area contributed by atoms with Crippen molar-refractivity contribution in [3.8, 4) is 0 Å². The highest BCUT2D eigenvalue weighted by Crippen LogP contribution is 2.06. The Morgan fingerprint density at radius 2 is 1.93 bits per heavy atom. The van der Waals surface area contributed by atoms with Crippen molar-refractivity contribution in [3.05, 3.63) is 0 Å². The predicted molar refractivity (Wildman–Crippen MR) is 63.4 cm³/mol. The van der Waals surface area contributed by atoms with Gasteiger partial charge in [0.1, 0.15) is 0 Å². The van der Waals surface area contributed by atoms with Gasteiger partial charge in [-0.05, 0) is 12.8 Å². The molecule has 4 heteroatoms. The van der Waals surface area contributed by atoms with Crippen LogP contribution in [0.25, 0.3) is 0 Å². The van der Waals surface area contributed by atoms with Crippen LogP contribution in [0.1, 0.15) is 46.0 Å². The van der Waals surface area contributed by atoms with Crippen molar-refractivity contribution in [2.75, 3.05) is 6.54 Å². The average molecular weight is 215 g/mol. The van der Waals surface area contributed by atoms with Crippen molar-refractivity contribution in [2.24, 2.45) is 11.5 Å². The lowest BCUT2D eigenvalue weighted by molar-refractivity contribution is -0.119. The lowest BCUT2D eigenvalue weighted by atomic mass is 10.0. The second kappa shape index (κ2) is 8.68. The summed E-state index contributed by atoms with van der Waals surface area (Å²) in [5.41, 5.74) is 10.6. The zero-order chi connectivity index (χ0) is 11.7. The van der Waals surface area contributed by atoms with Crippen LogP contribution in [0.15, 0.2) is 0 Å². The highest BCUT2D eigenvalue weighted by Gasteiger charge is 2.12. The van der Waals surface area contributed by atoms with E-state index in [4.69, 9.17) is 11.5 Å². The summed E-state index contributed by atoms with van der Waals surface area (Å²) in [4.78, 5) is 10.7. The third-order valence-corrected chi connectivity index (χ3v) is 2.54. The molecule has 15 heavy (non-hydrogen) atoms. The molecule has 0 fully saturated rings. The molecule has 0 aliphatic heterocycles. The smallest absolute Gasteiger partial charge is 0.235 e. The molecule has 1 amide bonds. The zero-order valence-corrected chi connectivity index (χ0v) is 9.96. The fourth-order valence-electron chi connectivity index (χ4n) is 1.54. The van der Waals surface area contributed by atoms with Crippen LogP contribution in [-0.4, -0.2) is 24.5 Å². The van der Waals surface area contributed by atoms with Crippen LogP contribution >= 0.6 is 0 Å². The largest absolute Gasteiger partial charge is 0.368 e. The molecule has 0 rings (SSSR count). The minimum Gasteiger partial charge on any atom is -0.368 e. The summed E-state index contributed by atoms with van der Waals surface area (Å²) in [6.45, 7) is 4.83. The van der Waals surface area contributed by atoms with E-state index in [2.05, 4.69) is 19.2 Å². The first kappa shape index (κ1) is 14.4. The first-order valence-electron chi connectivity index (χ1n) is 5.90. The number of nitrogens with one attached hydrogen (secondary N) is 1. The highest BCUT2D eigenvalue weighted by atomic mass is 16.1. The Balaban J connectivity index is 3.78. The van der Waals surface area contributed by atoms with Gasteiger partial charge < -0.3 is 16.8 Å². The van der Waals surface area contributed by atoms with E-state index in [9.17, 15) is 4.79 Å². The lowest BCUT2D eigenvalue weighted by Crippen LogP contribution is -2.46. The topological polar surface area (TPSA) is 81.1 Å². The lowest BCUT2D eigenvalue weighted by Gasteiger charge is -2.19. The summed E-state index contributed by atoms with van der Waals surface area (Å²) >= 11 is 0. The monoisotopic (exact) mass is 215 g/mol. The maximum absolute atomic E-state index is 10.7. The number of nitrogens with two attached hydrogens (primary N) is 2. The Hall–Kier alpha value is -0.610. The van der Waals surface area contributed by atoms with Crippen LogP contribution in [0, 0.1) is 0 Å². The minimum atomic E-state index is -0.564. The van der Waals surface area contributed by atoms with Crippen molar-refractivity contribution in [2.45, 2.75) is 58.0 Å². The van der Waals surface area contributed by atoms with Gasteiger partial charge in [0.2, 0.25) is 5.91 Å². The molecule has 0 bridgehead atoms. The van der Waals surface area contributed by atoms with E-state index in [1.165, 1.54) is 12.8 Å². The van der Waals surface area contributed by atoms with E-state index >= 15 is 0 Å². The summed E-state index contributed by atoms with van der Waals surface area (Å²) in [5.74, 6) is -0.437. The Labute approximate surface area is 92.8 Å². The molecule has 5 N–H and O–H groups in total. The molecular weight excluding hydrogens is 190 g/mol. The van der Waals surface area contributed by atoms with Gasteiger partial charge in [0.25, 0.3) is 0 Å². The third kappa shape index (κ3) is 7.33. The number of unbranched alkanes of at least 4 members (excludes halogenated alkanes) is 1. The molecule has 0 aromatic heterocycles. The zero-order valence-electron chi connectivity index (χ0n) is 9.96. The number of rotatable bonds is 9. The predicted octanol–water partition coefficient (Wildman–Crippen LogP) is 0.748. The average Bonchev–Trinajstić information content (AvgIpc) is 2.21. The van der Waals surface area contributed by atoms with Crippen LogP contribution in [-0.2, 0) is 4.79 Å². The maximum atomic E-state index is 10.7. The first-order chi connectivity index (χ1) is 7.11. The highest BCUT2D eigenvalue weighted by molar-refractivity contribution is 5.79. The molecule has 0 aromatic carbocycles. The van der Waals surface area contributed by atoms with Crippen LogP contribution in [0.3, 0.4) is 0 Å². The van der Waals surface area contributed by atoms with Crippen LogP contribution in [0.4, 0.5) is 0 Å². The summed E-state index contributed by atoms with van der Waals surface area (Å²) in [6.07, 6.45) is 5.84.